The van der Waals surface area contributed by atoms with Crippen molar-refractivity contribution in [1.29, 1.82) is 0 Å². The van der Waals surface area contributed by atoms with E-state index in [4.69, 9.17) is 18.9 Å². The van der Waals surface area contributed by atoms with Crippen LogP contribution in [0, 0.1) is 0 Å². The first-order valence-corrected chi connectivity index (χ1v) is 9.83. The van der Waals surface area contributed by atoms with E-state index in [0.717, 1.165) is 23.2 Å². The number of amides is 1. The summed E-state index contributed by atoms with van der Waals surface area (Å²) in [4.78, 5) is 26.6. The number of anilines is 1. The first-order chi connectivity index (χ1) is 14.5. The van der Waals surface area contributed by atoms with Crippen LogP contribution in [0.1, 0.15) is 24.5 Å². The van der Waals surface area contributed by atoms with Gasteiger partial charge in [0.25, 0.3) is 5.91 Å². The predicted octanol–water partition coefficient (Wildman–Crippen LogP) is 3.17. The molecule has 1 aliphatic heterocycles. The molecule has 7 nitrogen and oxygen atoms in total. The number of fused-ring (bicyclic) bond motifs is 1. The molecule has 1 amide bonds. The number of carbonyl (C=O) groups excluding carboxylic acids is 2. The van der Waals surface area contributed by atoms with Gasteiger partial charge in [0.05, 0.1) is 21.3 Å². The summed E-state index contributed by atoms with van der Waals surface area (Å²) in [5.41, 5.74) is 2.87. The number of esters is 1. The quantitative estimate of drug-likeness (QED) is 0.619. The lowest BCUT2D eigenvalue weighted by Gasteiger charge is -2.22. The van der Waals surface area contributed by atoms with E-state index in [2.05, 4.69) is 0 Å². The second-order valence-electron chi connectivity index (χ2n) is 7.14. The molecule has 0 aromatic heterocycles. The Morgan fingerprint density at radius 3 is 2.33 bits per heavy atom. The number of ether oxygens (including phenoxy) is 4. The molecule has 2 aromatic rings. The summed E-state index contributed by atoms with van der Waals surface area (Å²) in [6.07, 6.45) is 1.36. The van der Waals surface area contributed by atoms with Gasteiger partial charge in [0, 0.05) is 18.2 Å². The summed E-state index contributed by atoms with van der Waals surface area (Å²) in [6.45, 7) is 1.72. The number of carbonyl (C=O) groups is 2. The van der Waals surface area contributed by atoms with Crippen molar-refractivity contribution in [2.75, 3.05) is 32.8 Å². The zero-order valence-electron chi connectivity index (χ0n) is 17.8. The number of para-hydroxylation sites is 1. The van der Waals surface area contributed by atoms with E-state index in [-0.39, 0.29) is 25.0 Å². The topological polar surface area (TPSA) is 74.3 Å². The summed E-state index contributed by atoms with van der Waals surface area (Å²) in [6, 6.07) is 11.4. The fourth-order valence-corrected chi connectivity index (χ4v) is 3.76. The average molecular weight is 413 g/mol. The molecule has 0 N–H and O–H groups in total. The van der Waals surface area contributed by atoms with Crippen LogP contribution in [0.2, 0.25) is 0 Å². The third kappa shape index (κ3) is 4.50. The number of hydrogen-bond donors (Lipinski definition) is 0. The normalized spacial score (nSPS) is 14.8. The van der Waals surface area contributed by atoms with Crippen molar-refractivity contribution in [2.24, 2.45) is 0 Å². The molecule has 30 heavy (non-hydrogen) atoms. The highest BCUT2D eigenvalue weighted by molar-refractivity contribution is 5.97. The van der Waals surface area contributed by atoms with Gasteiger partial charge in [-0.15, -0.1) is 0 Å². The van der Waals surface area contributed by atoms with Gasteiger partial charge in [-0.3, -0.25) is 9.59 Å². The van der Waals surface area contributed by atoms with Gasteiger partial charge in [-0.1, -0.05) is 18.2 Å². The van der Waals surface area contributed by atoms with Gasteiger partial charge in [-0.25, -0.2) is 0 Å². The Morgan fingerprint density at radius 2 is 1.70 bits per heavy atom. The molecule has 1 atom stereocenters. The lowest BCUT2D eigenvalue weighted by Crippen LogP contribution is -2.38. The standard InChI is InChI=1S/C23H27NO6/c1-15-11-17-7-5-6-8-18(17)24(15)21(25)14-30-22(26)10-9-16-12-19(27-2)23(29-4)20(13-16)28-3/h5-8,12-13,15H,9-11,14H2,1-4H3/t15-/m0/s1. The minimum absolute atomic E-state index is 0.0489. The number of benzene rings is 2. The third-order valence-electron chi connectivity index (χ3n) is 5.17. The minimum Gasteiger partial charge on any atom is -0.493 e. The summed E-state index contributed by atoms with van der Waals surface area (Å²) < 4.78 is 21.2. The molecule has 2 aromatic carbocycles. The van der Waals surface area contributed by atoms with Crippen molar-refractivity contribution < 1.29 is 28.5 Å². The highest BCUT2D eigenvalue weighted by Gasteiger charge is 2.30. The Morgan fingerprint density at radius 1 is 1.03 bits per heavy atom. The van der Waals surface area contributed by atoms with Crippen molar-refractivity contribution in [3.8, 4) is 17.2 Å². The molecule has 0 fully saturated rings. The van der Waals surface area contributed by atoms with Gasteiger partial charge >= 0.3 is 5.97 Å². The monoisotopic (exact) mass is 413 g/mol. The smallest absolute Gasteiger partial charge is 0.306 e. The van der Waals surface area contributed by atoms with Crippen LogP contribution in [0.25, 0.3) is 0 Å². The van der Waals surface area contributed by atoms with E-state index in [1.54, 1.807) is 31.3 Å². The van der Waals surface area contributed by atoms with Crippen molar-refractivity contribution in [3.05, 3.63) is 47.5 Å². The van der Waals surface area contributed by atoms with Crippen molar-refractivity contribution in [1.82, 2.24) is 0 Å². The fourth-order valence-electron chi connectivity index (χ4n) is 3.76. The Balaban J connectivity index is 1.56. The zero-order valence-corrected chi connectivity index (χ0v) is 17.8. The molecule has 3 rings (SSSR count). The van der Waals surface area contributed by atoms with Crippen LogP contribution >= 0.6 is 0 Å². The first-order valence-electron chi connectivity index (χ1n) is 9.83. The largest absolute Gasteiger partial charge is 0.493 e. The molecule has 0 saturated carbocycles. The molecule has 1 aliphatic rings. The average Bonchev–Trinajstić information content (AvgIpc) is 3.10. The van der Waals surface area contributed by atoms with E-state index < -0.39 is 5.97 Å². The molecule has 160 valence electrons. The molecular formula is C23H27NO6. The zero-order chi connectivity index (χ0) is 21.7. The number of hydrogen-bond acceptors (Lipinski definition) is 6. The van der Waals surface area contributed by atoms with Gasteiger partial charge in [0.15, 0.2) is 18.1 Å². The summed E-state index contributed by atoms with van der Waals surface area (Å²) in [5.74, 6) is 0.900. The van der Waals surface area contributed by atoms with Crippen LogP contribution in [-0.4, -0.2) is 45.9 Å². The molecule has 0 spiro atoms. The Hall–Kier alpha value is -3.22. The van der Waals surface area contributed by atoms with Crippen molar-refractivity contribution in [2.45, 2.75) is 32.2 Å². The first kappa shape index (κ1) is 21.5. The maximum Gasteiger partial charge on any atom is 0.306 e. The molecular weight excluding hydrogens is 386 g/mol. The van der Waals surface area contributed by atoms with Gasteiger partial charge in [-0.05, 0) is 49.1 Å². The Kier molecular flexibility index (Phi) is 6.82. The molecule has 7 heteroatoms. The fraction of sp³-hybridized carbons (Fsp3) is 0.391. The molecule has 0 unspecified atom stereocenters. The minimum atomic E-state index is -0.433. The Labute approximate surface area is 176 Å². The highest BCUT2D eigenvalue weighted by Crippen LogP contribution is 2.38. The molecule has 0 saturated heterocycles. The van der Waals surface area contributed by atoms with Crippen molar-refractivity contribution >= 4 is 17.6 Å². The third-order valence-corrected chi connectivity index (χ3v) is 5.17. The van der Waals surface area contributed by atoms with Crippen LogP contribution in [-0.2, 0) is 27.2 Å². The highest BCUT2D eigenvalue weighted by atomic mass is 16.5. The number of rotatable bonds is 8. The van der Waals surface area contributed by atoms with E-state index in [1.165, 1.54) is 7.11 Å². The second kappa shape index (κ2) is 9.52. The van der Waals surface area contributed by atoms with Gasteiger partial charge in [0.2, 0.25) is 5.75 Å². The maximum absolute atomic E-state index is 12.6. The lowest BCUT2D eigenvalue weighted by molar-refractivity contribution is -0.147. The predicted molar refractivity (Wildman–Crippen MR) is 112 cm³/mol. The van der Waals surface area contributed by atoms with E-state index in [1.807, 2.05) is 31.2 Å². The van der Waals surface area contributed by atoms with Crippen LogP contribution < -0.4 is 19.1 Å². The SMILES string of the molecule is COc1cc(CCC(=O)OCC(=O)N2c3ccccc3C[C@@H]2C)cc(OC)c1OC. The van der Waals surface area contributed by atoms with Crippen molar-refractivity contribution in [3.63, 3.8) is 0 Å². The van der Waals surface area contributed by atoms with E-state index >= 15 is 0 Å². The van der Waals surface area contributed by atoms with Crippen LogP contribution in [0.5, 0.6) is 17.2 Å². The maximum atomic E-state index is 12.6. The second-order valence-corrected chi connectivity index (χ2v) is 7.14. The van der Waals surface area contributed by atoms with E-state index in [0.29, 0.717) is 23.7 Å². The van der Waals surface area contributed by atoms with Crippen LogP contribution in [0.15, 0.2) is 36.4 Å². The lowest BCUT2D eigenvalue weighted by atomic mass is 10.1. The molecule has 0 radical (unpaired) electrons. The summed E-state index contributed by atoms with van der Waals surface area (Å²) in [7, 11) is 4.62. The molecule has 0 bridgehead atoms. The Bertz CT molecular complexity index is 901. The number of aryl methyl sites for hydroxylation is 1. The van der Waals surface area contributed by atoms with Crippen LogP contribution in [0.4, 0.5) is 5.69 Å². The van der Waals surface area contributed by atoms with Gasteiger partial charge in [-0.2, -0.15) is 0 Å². The van der Waals surface area contributed by atoms with E-state index in [9.17, 15) is 9.59 Å². The summed E-state index contributed by atoms with van der Waals surface area (Å²) in [5, 5.41) is 0. The number of nitrogens with zero attached hydrogens (tertiary/aromatic N) is 1. The number of methoxy groups -OCH3 is 3. The summed E-state index contributed by atoms with van der Waals surface area (Å²) >= 11 is 0. The molecule has 1 heterocycles. The van der Waals surface area contributed by atoms with Crippen LogP contribution in [0.3, 0.4) is 0 Å². The van der Waals surface area contributed by atoms with Gasteiger partial charge in [0.1, 0.15) is 0 Å². The molecule has 0 aliphatic carbocycles. The van der Waals surface area contributed by atoms with Gasteiger partial charge < -0.3 is 23.8 Å².